The molecule has 0 aliphatic heterocycles. The summed E-state index contributed by atoms with van der Waals surface area (Å²) in [6, 6.07) is 7.12. The molecule has 0 atom stereocenters. The van der Waals surface area contributed by atoms with Gasteiger partial charge < -0.3 is 10.1 Å². The van der Waals surface area contributed by atoms with Crippen LogP contribution < -0.4 is 10.7 Å². The molecule has 156 valence electrons. The van der Waals surface area contributed by atoms with E-state index in [9.17, 15) is 27.6 Å². The highest BCUT2D eigenvalue weighted by Gasteiger charge is 2.34. The van der Waals surface area contributed by atoms with Crippen molar-refractivity contribution in [2.45, 2.75) is 13.1 Å². The van der Waals surface area contributed by atoms with Gasteiger partial charge in [0.1, 0.15) is 4.88 Å². The van der Waals surface area contributed by atoms with Gasteiger partial charge in [-0.05, 0) is 30.5 Å². The van der Waals surface area contributed by atoms with Gasteiger partial charge in [-0.1, -0.05) is 12.1 Å². The SMILES string of the molecule is COC(=O)c1sccc1NC(=O)c1nn(-c2ccccc2C(F)(F)F)c(C)cc1=O. The Labute approximate surface area is 171 Å². The Bertz CT molecular complexity index is 1180. The Hall–Kier alpha value is -3.47. The number of nitrogens with zero attached hydrogens (tertiary/aromatic N) is 2. The number of halogens is 3. The summed E-state index contributed by atoms with van der Waals surface area (Å²) in [5, 5.41) is 7.78. The van der Waals surface area contributed by atoms with E-state index in [0.717, 1.165) is 28.2 Å². The second-order valence-corrected chi connectivity index (χ2v) is 6.95. The summed E-state index contributed by atoms with van der Waals surface area (Å²) in [6.07, 6.45) is -4.66. The van der Waals surface area contributed by atoms with Gasteiger partial charge in [-0.25, -0.2) is 9.48 Å². The highest BCUT2D eigenvalue weighted by Crippen LogP contribution is 2.33. The van der Waals surface area contributed by atoms with Crippen molar-refractivity contribution >= 4 is 28.9 Å². The predicted octanol–water partition coefficient (Wildman–Crippen LogP) is 3.66. The minimum absolute atomic E-state index is 0.0979. The molecule has 0 spiro atoms. The van der Waals surface area contributed by atoms with E-state index < -0.39 is 34.7 Å². The van der Waals surface area contributed by atoms with Crippen LogP contribution in [0, 0.1) is 6.92 Å². The van der Waals surface area contributed by atoms with Crippen molar-refractivity contribution in [1.29, 1.82) is 0 Å². The number of aryl methyl sites for hydroxylation is 1. The summed E-state index contributed by atoms with van der Waals surface area (Å²) < 4.78 is 45.7. The molecule has 0 aliphatic carbocycles. The molecule has 0 fully saturated rings. The lowest BCUT2D eigenvalue weighted by Gasteiger charge is -2.16. The van der Waals surface area contributed by atoms with Crippen LogP contribution in [-0.2, 0) is 10.9 Å². The number of benzene rings is 1. The summed E-state index contributed by atoms with van der Waals surface area (Å²) in [6.45, 7) is 1.40. The Morgan fingerprint density at radius 3 is 2.57 bits per heavy atom. The van der Waals surface area contributed by atoms with Gasteiger partial charge in [-0.3, -0.25) is 9.59 Å². The molecule has 0 aliphatic rings. The number of thiophene rings is 1. The van der Waals surface area contributed by atoms with Gasteiger partial charge in [0.05, 0.1) is 24.0 Å². The smallest absolute Gasteiger partial charge is 0.418 e. The summed E-state index contributed by atoms with van der Waals surface area (Å²) in [5.74, 6) is -1.66. The van der Waals surface area contributed by atoms with E-state index in [-0.39, 0.29) is 21.9 Å². The van der Waals surface area contributed by atoms with Crippen LogP contribution in [0.2, 0.25) is 0 Å². The van der Waals surface area contributed by atoms with E-state index >= 15 is 0 Å². The standard InChI is InChI=1S/C19H14F3N3O4S/c1-10-9-14(26)15(17(27)23-12-7-8-30-16(12)18(28)29-2)24-25(10)13-6-4-3-5-11(13)19(20,21)22/h3-9H,1-2H3,(H,23,27). The van der Waals surface area contributed by atoms with E-state index in [2.05, 4.69) is 15.2 Å². The number of hydrogen-bond donors (Lipinski definition) is 1. The van der Waals surface area contributed by atoms with E-state index in [4.69, 9.17) is 0 Å². The first-order valence-corrected chi connectivity index (χ1v) is 9.26. The predicted molar refractivity (Wildman–Crippen MR) is 103 cm³/mol. The molecular weight excluding hydrogens is 423 g/mol. The fourth-order valence-corrected chi connectivity index (χ4v) is 3.45. The quantitative estimate of drug-likeness (QED) is 0.629. The van der Waals surface area contributed by atoms with Gasteiger partial charge in [0.2, 0.25) is 5.43 Å². The first kappa shape index (κ1) is 21.2. The van der Waals surface area contributed by atoms with Crippen LogP contribution in [-0.4, -0.2) is 28.8 Å². The van der Waals surface area contributed by atoms with Gasteiger partial charge >= 0.3 is 12.1 Å². The summed E-state index contributed by atoms with van der Waals surface area (Å²) >= 11 is 1.01. The zero-order valence-corrected chi connectivity index (χ0v) is 16.4. The van der Waals surface area contributed by atoms with Crippen LogP contribution in [0.5, 0.6) is 0 Å². The molecule has 2 heterocycles. The number of esters is 1. The lowest BCUT2D eigenvalue weighted by Crippen LogP contribution is -2.28. The Kier molecular flexibility index (Phi) is 5.74. The number of ether oxygens (including phenoxy) is 1. The zero-order chi connectivity index (χ0) is 22.1. The van der Waals surface area contributed by atoms with Crippen LogP contribution in [0.25, 0.3) is 5.69 Å². The third-order valence-electron chi connectivity index (χ3n) is 4.04. The number of carbonyl (C=O) groups excluding carboxylic acids is 2. The van der Waals surface area contributed by atoms with E-state index in [0.29, 0.717) is 0 Å². The summed E-state index contributed by atoms with van der Waals surface area (Å²) in [4.78, 5) is 36.8. The molecule has 0 saturated heterocycles. The molecule has 2 aromatic heterocycles. The molecule has 0 unspecified atom stereocenters. The molecule has 3 rings (SSSR count). The van der Waals surface area contributed by atoms with E-state index in [1.165, 1.54) is 43.7 Å². The Morgan fingerprint density at radius 1 is 1.20 bits per heavy atom. The van der Waals surface area contributed by atoms with Crippen molar-refractivity contribution in [2.75, 3.05) is 12.4 Å². The lowest BCUT2D eigenvalue weighted by atomic mass is 10.1. The van der Waals surface area contributed by atoms with Gasteiger partial charge in [0, 0.05) is 11.8 Å². The number of rotatable bonds is 4. The second-order valence-electron chi connectivity index (χ2n) is 6.03. The van der Waals surface area contributed by atoms with Crippen LogP contribution in [0.15, 0.2) is 46.6 Å². The largest absolute Gasteiger partial charge is 0.465 e. The molecule has 1 aromatic carbocycles. The zero-order valence-electron chi connectivity index (χ0n) is 15.6. The van der Waals surface area contributed by atoms with Crippen LogP contribution in [0.3, 0.4) is 0 Å². The van der Waals surface area contributed by atoms with E-state index in [1.807, 2.05) is 0 Å². The first-order valence-electron chi connectivity index (χ1n) is 8.38. The molecular formula is C19H14F3N3O4S. The fourth-order valence-electron chi connectivity index (χ4n) is 2.69. The number of amides is 1. The molecule has 3 aromatic rings. The van der Waals surface area contributed by atoms with Gasteiger partial charge in [-0.2, -0.15) is 18.3 Å². The number of nitrogens with one attached hydrogen (secondary N) is 1. The van der Waals surface area contributed by atoms with Crippen molar-refractivity contribution in [3.05, 3.63) is 73.8 Å². The van der Waals surface area contributed by atoms with Crippen molar-refractivity contribution in [2.24, 2.45) is 0 Å². The van der Waals surface area contributed by atoms with Crippen LogP contribution >= 0.6 is 11.3 Å². The number of carbonyl (C=O) groups is 2. The van der Waals surface area contributed by atoms with Crippen LogP contribution in [0.1, 0.15) is 31.4 Å². The average Bonchev–Trinajstić information content (AvgIpc) is 3.14. The highest BCUT2D eigenvalue weighted by molar-refractivity contribution is 7.12. The Morgan fingerprint density at radius 2 is 1.90 bits per heavy atom. The minimum atomic E-state index is -4.66. The lowest BCUT2D eigenvalue weighted by molar-refractivity contribution is -0.137. The average molecular weight is 437 g/mol. The van der Waals surface area contributed by atoms with Gasteiger partial charge in [0.15, 0.2) is 5.69 Å². The maximum absolute atomic E-state index is 13.4. The molecule has 7 nitrogen and oxygen atoms in total. The third-order valence-corrected chi connectivity index (χ3v) is 4.94. The van der Waals surface area contributed by atoms with Crippen molar-refractivity contribution in [3.63, 3.8) is 0 Å². The normalized spacial score (nSPS) is 11.2. The number of methoxy groups -OCH3 is 1. The minimum Gasteiger partial charge on any atom is -0.465 e. The number of hydrogen-bond acceptors (Lipinski definition) is 6. The first-order chi connectivity index (χ1) is 14.1. The van der Waals surface area contributed by atoms with Gasteiger partial charge in [0.25, 0.3) is 5.91 Å². The van der Waals surface area contributed by atoms with Gasteiger partial charge in [-0.15, -0.1) is 11.3 Å². The number of alkyl halides is 3. The number of para-hydroxylation sites is 1. The molecule has 1 N–H and O–H groups in total. The topological polar surface area (TPSA) is 90.3 Å². The fraction of sp³-hybridized carbons (Fsp3) is 0.158. The van der Waals surface area contributed by atoms with Crippen LogP contribution in [0.4, 0.5) is 18.9 Å². The second kappa shape index (κ2) is 8.11. The molecule has 1 amide bonds. The maximum atomic E-state index is 13.4. The van der Waals surface area contributed by atoms with Crippen molar-refractivity contribution < 1.29 is 27.5 Å². The summed E-state index contributed by atoms with van der Waals surface area (Å²) in [5.41, 5.74) is -2.50. The highest BCUT2D eigenvalue weighted by atomic mass is 32.1. The monoisotopic (exact) mass is 437 g/mol. The van der Waals surface area contributed by atoms with Crippen molar-refractivity contribution in [3.8, 4) is 5.69 Å². The molecule has 30 heavy (non-hydrogen) atoms. The van der Waals surface area contributed by atoms with Crippen molar-refractivity contribution in [1.82, 2.24) is 9.78 Å². The molecule has 11 heteroatoms. The number of aromatic nitrogens is 2. The Balaban J connectivity index is 2.06. The third kappa shape index (κ3) is 4.10. The maximum Gasteiger partial charge on any atom is 0.418 e. The molecule has 0 saturated carbocycles. The molecule has 0 bridgehead atoms. The van der Waals surface area contributed by atoms with E-state index in [1.54, 1.807) is 0 Å². The number of anilines is 1. The summed E-state index contributed by atoms with van der Waals surface area (Å²) in [7, 11) is 1.17. The molecule has 0 radical (unpaired) electrons.